The molecule has 0 aromatic carbocycles. The van der Waals surface area contributed by atoms with Crippen molar-refractivity contribution in [2.24, 2.45) is 0 Å². The molecule has 1 aliphatic heterocycles. The van der Waals surface area contributed by atoms with E-state index in [1.165, 1.54) is 4.52 Å². The van der Waals surface area contributed by atoms with E-state index in [4.69, 9.17) is 0 Å². The molecule has 0 atom stereocenters. The summed E-state index contributed by atoms with van der Waals surface area (Å²) < 4.78 is 1.43. The van der Waals surface area contributed by atoms with Crippen molar-refractivity contribution >= 4 is 17.2 Å². The Labute approximate surface area is 137 Å². The van der Waals surface area contributed by atoms with Gasteiger partial charge in [0.2, 0.25) is 5.95 Å². The van der Waals surface area contributed by atoms with E-state index in [1.807, 2.05) is 20.0 Å². The molecule has 0 saturated heterocycles. The minimum absolute atomic E-state index is 0.0650. The summed E-state index contributed by atoms with van der Waals surface area (Å²) >= 11 is 0. The van der Waals surface area contributed by atoms with Crippen LogP contribution in [-0.2, 0) is 6.42 Å². The highest BCUT2D eigenvalue weighted by Gasteiger charge is 2.21. The zero-order valence-electron chi connectivity index (χ0n) is 13.4. The Bertz CT molecular complexity index is 987. The van der Waals surface area contributed by atoms with E-state index in [2.05, 4.69) is 25.5 Å². The summed E-state index contributed by atoms with van der Waals surface area (Å²) in [6.07, 6.45) is 7.70. The van der Waals surface area contributed by atoms with E-state index in [0.717, 1.165) is 22.4 Å². The standard InChI is InChI=1S/C16H17N7O/c1-3-12-10(2)21-14-13(8-20-23(14)15(12)24)11-7-19-22(9-11)16-17-5-4-6-18-16/h4-6,8-9,19,21H,3,7H2,1-2H3. The third kappa shape index (κ3) is 2.19. The van der Waals surface area contributed by atoms with Crippen molar-refractivity contribution < 1.29 is 0 Å². The van der Waals surface area contributed by atoms with Crippen molar-refractivity contribution in [2.75, 3.05) is 11.6 Å². The van der Waals surface area contributed by atoms with E-state index in [-0.39, 0.29) is 5.56 Å². The van der Waals surface area contributed by atoms with Crippen LogP contribution in [0.1, 0.15) is 23.7 Å². The van der Waals surface area contributed by atoms with E-state index in [0.29, 0.717) is 24.6 Å². The summed E-state index contributed by atoms with van der Waals surface area (Å²) in [7, 11) is 0. The zero-order chi connectivity index (χ0) is 16.7. The maximum absolute atomic E-state index is 12.5. The number of hydrogen-bond acceptors (Lipinski definition) is 6. The Hall–Kier alpha value is -3.00. The molecule has 0 amide bonds. The van der Waals surface area contributed by atoms with Gasteiger partial charge in [0.15, 0.2) is 0 Å². The van der Waals surface area contributed by atoms with Gasteiger partial charge >= 0.3 is 0 Å². The Morgan fingerprint density at radius 1 is 1.29 bits per heavy atom. The van der Waals surface area contributed by atoms with Crippen molar-refractivity contribution in [3.63, 3.8) is 0 Å². The van der Waals surface area contributed by atoms with Crippen LogP contribution in [0.5, 0.6) is 0 Å². The highest BCUT2D eigenvalue weighted by molar-refractivity contribution is 5.79. The van der Waals surface area contributed by atoms with Crippen LogP contribution in [0.4, 0.5) is 5.95 Å². The Kier molecular flexibility index (Phi) is 3.39. The predicted molar refractivity (Wildman–Crippen MR) is 90.4 cm³/mol. The lowest BCUT2D eigenvalue weighted by Gasteiger charge is -2.11. The number of aryl methyl sites for hydroxylation is 1. The van der Waals surface area contributed by atoms with Gasteiger partial charge in [-0.05, 0) is 25.0 Å². The number of rotatable bonds is 3. The van der Waals surface area contributed by atoms with Gasteiger partial charge in [-0.25, -0.2) is 15.4 Å². The van der Waals surface area contributed by atoms with Gasteiger partial charge in [-0.1, -0.05) is 6.92 Å². The zero-order valence-corrected chi connectivity index (χ0v) is 13.4. The maximum Gasteiger partial charge on any atom is 0.277 e. The number of aromatic amines is 1. The first-order valence-electron chi connectivity index (χ1n) is 7.79. The third-order valence-corrected chi connectivity index (χ3v) is 4.17. The molecule has 0 fully saturated rings. The van der Waals surface area contributed by atoms with Gasteiger partial charge in [0.05, 0.1) is 6.20 Å². The SMILES string of the molecule is CCc1c(C)[nH]c2c(C3=CN(c4ncccn4)NC3)cnn2c1=O. The molecule has 1 aliphatic rings. The quantitative estimate of drug-likeness (QED) is 0.748. The van der Waals surface area contributed by atoms with Crippen molar-refractivity contribution in [1.29, 1.82) is 0 Å². The fraction of sp³-hybridized carbons (Fsp3) is 0.250. The van der Waals surface area contributed by atoms with Crippen LogP contribution in [0.25, 0.3) is 11.2 Å². The number of aromatic nitrogens is 5. The molecule has 0 spiro atoms. The second-order valence-corrected chi connectivity index (χ2v) is 5.61. The summed E-state index contributed by atoms with van der Waals surface area (Å²) in [6.45, 7) is 4.49. The summed E-state index contributed by atoms with van der Waals surface area (Å²) in [5, 5.41) is 6.03. The molecular formula is C16H17N7O. The molecule has 0 aliphatic carbocycles. The molecule has 0 radical (unpaired) electrons. The minimum Gasteiger partial charge on any atom is -0.343 e. The van der Waals surface area contributed by atoms with E-state index in [1.54, 1.807) is 29.7 Å². The first-order valence-corrected chi connectivity index (χ1v) is 7.79. The number of nitrogens with zero attached hydrogens (tertiary/aromatic N) is 5. The van der Waals surface area contributed by atoms with Gasteiger partial charge in [0.25, 0.3) is 5.56 Å². The Morgan fingerprint density at radius 2 is 2.08 bits per heavy atom. The lowest BCUT2D eigenvalue weighted by Crippen LogP contribution is -2.29. The molecule has 8 heteroatoms. The fourth-order valence-corrected chi connectivity index (χ4v) is 2.94. The molecule has 4 heterocycles. The average molecular weight is 323 g/mol. The number of H-pyrrole nitrogens is 1. The molecule has 4 rings (SSSR count). The van der Waals surface area contributed by atoms with Crippen molar-refractivity contribution in [3.05, 3.63) is 58.0 Å². The molecule has 24 heavy (non-hydrogen) atoms. The van der Waals surface area contributed by atoms with Crippen LogP contribution < -0.4 is 16.0 Å². The highest BCUT2D eigenvalue weighted by Crippen LogP contribution is 2.23. The average Bonchev–Trinajstić information content (AvgIpc) is 3.22. The van der Waals surface area contributed by atoms with Gasteiger partial charge in [0, 0.05) is 42.0 Å². The van der Waals surface area contributed by atoms with Crippen LogP contribution in [0.2, 0.25) is 0 Å². The van der Waals surface area contributed by atoms with Crippen LogP contribution in [0, 0.1) is 6.92 Å². The molecule has 0 unspecified atom stereocenters. The normalized spacial score (nSPS) is 14.4. The molecule has 3 aromatic rings. The fourth-order valence-electron chi connectivity index (χ4n) is 2.94. The molecule has 8 nitrogen and oxygen atoms in total. The topological polar surface area (TPSA) is 91.2 Å². The minimum atomic E-state index is -0.0650. The molecule has 2 N–H and O–H groups in total. The van der Waals surface area contributed by atoms with Gasteiger partial charge in [-0.15, -0.1) is 0 Å². The largest absolute Gasteiger partial charge is 0.343 e. The van der Waals surface area contributed by atoms with E-state index >= 15 is 0 Å². The molecule has 0 saturated carbocycles. The number of hydrogen-bond donors (Lipinski definition) is 2. The summed E-state index contributed by atoms with van der Waals surface area (Å²) in [6, 6.07) is 1.77. The highest BCUT2D eigenvalue weighted by atomic mass is 16.1. The summed E-state index contributed by atoms with van der Waals surface area (Å²) in [5.41, 5.74) is 7.40. The predicted octanol–water partition coefficient (Wildman–Crippen LogP) is 1.05. The lowest BCUT2D eigenvalue weighted by molar-refractivity contribution is 0.785. The first kappa shape index (κ1) is 14.6. The maximum atomic E-state index is 12.5. The van der Waals surface area contributed by atoms with Crippen molar-refractivity contribution in [3.8, 4) is 0 Å². The molecular weight excluding hydrogens is 306 g/mol. The summed E-state index contributed by atoms with van der Waals surface area (Å²) in [4.78, 5) is 24.3. The van der Waals surface area contributed by atoms with Gasteiger partial charge in [-0.2, -0.15) is 9.61 Å². The molecule has 3 aromatic heterocycles. The summed E-state index contributed by atoms with van der Waals surface area (Å²) in [5.74, 6) is 0.571. The van der Waals surface area contributed by atoms with Crippen molar-refractivity contribution in [1.82, 2.24) is 30.0 Å². The van der Waals surface area contributed by atoms with E-state index in [9.17, 15) is 4.79 Å². The first-order chi connectivity index (χ1) is 11.7. The second kappa shape index (κ2) is 5.57. The Morgan fingerprint density at radius 3 is 2.83 bits per heavy atom. The van der Waals surface area contributed by atoms with Crippen LogP contribution in [-0.4, -0.2) is 31.1 Å². The number of anilines is 1. The van der Waals surface area contributed by atoms with Gasteiger partial charge in [-0.3, -0.25) is 9.80 Å². The molecule has 122 valence electrons. The lowest BCUT2D eigenvalue weighted by atomic mass is 10.1. The van der Waals surface area contributed by atoms with Crippen LogP contribution >= 0.6 is 0 Å². The number of hydrazine groups is 1. The van der Waals surface area contributed by atoms with E-state index < -0.39 is 0 Å². The number of nitrogens with one attached hydrogen (secondary N) is 2. The third-order valence-electron chi connectivity index (χ3n) is 4.17. The number of fused-ring (bicyclic) bond motifs is 1. The van der Waals surface area contributed by atoms with Crippen molar-refractivity contribution in [2.45, 2.75) is 20.3 Å². The van der Waals surface area contributed by atoms with Gasteiger partial charge < -0.3 is 4.98 Å². The molecule has 0 bridgehead atoms. The Balaban J connectivity index is 1.79. The monoisotopic (exact) mass is 323 g/mol. The smallest absolute Gasteiger partial charge is 0.277 e. The van der Waals surface area contributed by atoms with Gasteiger partial charge in [0.1, 0.15) is 5.65 Å². The van der Waals surface area contributed by atoms with Crippen LogP contribution in [0.15, 0.2) is 35.7 Å². The van der Waals surface area contributed by atoms with Crippen LogP contribution in [0.3, 0.4) is 0 Å². The second-order valence-electron chi connectivity index (χ2n) is 5.61.